The van der Waals surface area contributed by atoms with E-state index in [1.807, 2.05) is 0 Å². The quantitative estimate of drug-likeness (QED) is 0.565. The summed E-state index contributed by atoms with van der Waals surface area (Å²) in [5.74, 6) is 0. The van der Waals surface area contributed by atoms with E-state index in [1.54, 1.807) is 0 Å². The molecule has 1 nitrogen and oxygen atoms in total. The Balaban J connectivity index is 0. The van der Waals surface area contributed by atoms with Gasteiger partial charge in [-0.2, -0.15) is 13.2 Å². The van der Waals surface area contributed by atoms with Gasteiger partial charge in [0.2, 0.25) is 0 Å². The molecule has 0 unspecified atom stereocenters. The van der Waals surface area contributed by atoms with Crippen LogP contribution in [0.15, 0.2) is 0 Å². The molecular formula is C11H24F3N. The van der Waals surface area contributed by atoms with Crippen molar-refractivity contribution in [1.82, 2.24) is 6.15 Å². The second-order valence-electron chi connectivity index (χ2n) is 3.84. The topological polar surface area (TPSA) is 35.0 Å². The normalized spacial score (nSPS) is 11.2. The molecule has 0 aliphatic rings. The van der Waals surface area contributed by atoms with E-state index in [1.165, 1.54) is 25.7 Å². The standard InChI is InChI=1S/C11H21F3.H3N/c1-2-3-4-5-6-7-8-9-10-11(12,13)14;/h2-10H2,1H3;1H3. The Bertz CT molecular complexity index is 123. The molecule has 0 amide bonds. The highest BCUT2D eigenvalue weighted by molar-refractivity contribution is 4.52. The first-order valence-corrected chi connectivity index (χ1v) is 5.63. The minimum absolute atomic E-state index is 0. The van der Waals surface area contributed by atoms with Gasteiger partial charge in [0.15, 0.2) is 0 Å². The number of alkyl halides is 3. The van der Waals surface area contributed by atoms with Gasteiger partial charge in [-0.25, -0.2) is 0 Å². The van der Waals surface area contributed by atoms with Crippen LogP contribution in [0, 0.1) is 0 Å². The lowest BCUT2D eigenvalue weighted by molar-refractivity contribution is -0.135. The molecule has 0 saturated carbocycles. The molecule has 15 heavy (non-hydrogen) atoms. The van der Waals surface area contributed by atoms with Gasteiger partial charge in [0.25, 0.3) is 0 Å². The van der Waals surface area contributed by atoms with Crippen molar-refractivity contribution in [2.24, 2.45) is 0 Å². The minimum atomic E-state index is -3.96. The van der Waals surface area contributed by atoms with Crippen molar-refractivity contribution < 1.29 is 13.2 Å². The van der Waals surface area contributed by atoms with Gasteiger partial charge in [-0.3, -0.25) is 0 Å². The Labute approximate surface area is 91.0 Å². The number of halogens is 3. The minimum Gasteiger partial charge on any atom is -0.344 e. The molecule has 0 aliphatic heterocycles. The Kier molecular flexibility index (Phi) is 11.7. The molecule has 4 heteroatoms. The lowest BCUT2D eigenvalue weighted by Crippen LogP contribution is -2.06. The molecule has 0 heterocycles. The van der Waals surface area contributed by atoms with Crippen molar-refractivity contribution in [2.45, 2.75) is 70.9 Å². The fourth-order valence-electron chi connectivity index (χ4n) is 1.46. The molecule has 0 aliphatic carbocycles. The third-order valence-corrected chi connectivity index (χ3v) is 2.31. The van der Waals surface area contributed by atoms with Crippen LogP contribution in [0.5, 0.6) is 0 Å². The van der Waals surface area contributed by atoms with E-state index in [2.05, 4.69) is 6.92 Å². The molecule has 0 atom stereocenters. The predicted octanol–water partition coefficient (Wildman–Crippen LogP) is 5.24. The van der Waals surface area contributed by atoms with Gasteiger partial charge in [0.1, 0.15) is 0 Å². The summed E-state index contributed by atoms with van der Waals surface area (Å²) in [6, 6.07) is 0. The van der Waals surface area contributed by atoms with Crippen molar-refractivity contribution in [3.05, 3.63) is 0 Å². The molecule has 0 aromatic heterocycles. The Morgan fingerprint density at radius 3 is 1.53 bits per heavy atom. The third kappa shape index (κ3) is 16.4. The number of hydrogen-bond acceptors (Lipinski definition) is 1. The van der Waals surface area contributed by atoms with Gasteiger partial charge in [-0.15, -0.1) is 0 Å². The lowest BCUT2D eigenvalue weighted by Gasteiger charge is -2.05. The third-order valence-electron chi connectivity index (χ3n) is 2.31. The van der Waals surface area contributed by atoms with Crippen LogP contribution in [-0.2, 0) is 0 Å². The van der Waals surface area contributed by atoms with E-state index in [0.717, 1.165) is 19.3 Å². The highest BCUT2D eigenvalue weighted by atomic mass is 19.4. The number of rotatable bonds is 8. The highest BCUT2D eigenvalue weighted by Gasteiger charge is 2.25. The summed E-state index contributed by atoms with van der Waals surface area (Å²) in [4.78, 5) is 0. The molecule has 0 saturated heterocycles. The number of hydrogen-bond donors (Lipinski definition) is 1. The smallest absolute Gasteiger partial charge is 0.344 e. The SMILES string of the molecule is CCCCCCCCCCC(F)(F)F.N. The summed E-state index contributed by atoms with van der Waals surface area (Å²) in [6.07, 6.45) is 3.40. The summed E-state index contributed by atoms with van der Waals surface area (Å²) in [6.45, 7) is 2.16. The average molecular weight is 227 g/mol. The summed E-state index contributed by atoms with van der Waals surface area (Å²) < 4.78 is 35.2. The maximum atomic E-state index is 11.7. The lowest BCUT2D eigenvalue weighted by atomic mass is 10.1. The van der Waals surface area contributed by atoms with Gasteiger partial charge < -0.3 is 6.15 Å². The second kappa shape index (κ2) is 10.3. The number of unbranched alkanes of at least 4 members (excludes halogenated alkanes) is 7. The maximum Gasteiger partial charge on any atom is 0.389 e. The molecule has 0 rings (SSSR count). The van der Waals surface area contributed by atoms with Crippen LogP contribution in [0.3, 0.4) is 0 Å². The summed E-state index contributed by atoms with van der Waals surface area (Å²) in [5.41, 5.74) is 0. The largest absolute Gasteiger partial charge is 0.389 e. The molecule has 3 N–H and O–H groups in total. The van der Waals surface area contributed by atoms with E-state index in [9.17, 15) is 13.2 Å². The van der Waals surface area contributed by atoms with E-state index in [-0.39, 0.29) is 6.15 Å². The molecule has 0 aromatic rings. The molecule has 0 fully saturated rings. The van der Waals surface area contributed by atoms with Gasteiger partial charge in [0, 0.05) is 6.42 Å². The molecule has 0 bridgehead atoms. The van der Waals surface area contributed by atoms with Crippen molar-refractivity contribution >= 4 is 0 Å². The molecule has 0 radical (unpaired) electrons. The summed E-state index contributed by atoms with van der Waals surface area (Å²) in [5, 5.41) is 0. The zero-order valence-corrected chi connectivity index (χ0v) is 9.70. The van der Waals surface area contributed by atoms with E-state index in [4.69, 9.17) is 0 Å². The molecule has 94 valence electrons. The van der Waals surface area contributed by atoms with Crippen LogP contribution in [0.4, 0.5) is 13.2 Å². The maximum absolute atomic E-state index is 11.7. The summed E-state index contributed by atoms with van der Waals surface area (Å²) >= 11 is 0. The van der Waals surface area contributed by atoms with Crippen molar-refractivity contribution in [1.29, 1.82) is 0 Å². The van der Waals surface area contributed by atoms with Gasteiger partial charge in [-0.05, 0) is 6.42 Å². The first-order valence-electron chi connectivity index (χ1n) is 5.63. The fraction of sp³-hybridized carbons (Fsp3) is 1.00. The Hall–Kier alpha value is -0.250. The van der Waals surface area contributed by atoms with Gasteiger partial charge in [0.05, 0.1) is 0 Å². The van der Waals surface area contributed by atoms with Crippen LogP contribution in [0.25, 0.3) is 0 Å². The Morgan fingerprint density at radius 2 is 1.13 bits per heavy atom. The van der Waals surface area contributed by atoms with Crippen LogP contribution in [0.2, 0.25) is 0 Å². The van der Waals surface area contributed by atoms with Crippen molar-refractivity contribution in [3.63, 3.8) is 0 Å². The van der Waals surface area contributed by atoms with Gasteiger partial charge >= 0.3 is 6.18 Å². The van der Waals surface area contributed by atoms with E-state index >= 15 is 0 Å². The van der Waals surface area contributed by atoms with Crippen LogP contribution < -0.4 is 6.15 Å². The first kappa shape index (κ1) is 17.2. The zero-order valence-electron chi connectivity index (χ0n) is 9.70. The van der Waals surface area contributed by atoms with Crippen LogP contribution in [0.1, 0.15) is 64.7 Å². The zero-order chi connectivity index (χ0) is 10.9. The van der Waals surface area contributed by atoms with Crippen LogP contribution >= 0.6 is 0 Å². The highest BCUT2D eigenvalue weighted by Crippen LogP contribution is 2.23. The monoisotopic (exact) mass is 227 g/mol. The Morgan fingerprint density at radius 1 is 0.733 bits per heavy atom. The van der Waals surface area contributed by atoms with Crippen LogP contribution in [-0.4, -0.2) is 6.18 Å². The first-order chi connectivity index (χ1) is 6.56. The molecular weight excluding hydrogens is 203 g/mol. The fourth-order valence-corrected chi connectivity index (χ4v) is 1.46. The predicted molar refractivity (Wildman–Crippen MR) is 58.3 cm³/mol. The van der Waals surface area contributed by atoms with Crippen molar-refractivity contribution in [3.8, 4) is 0 Å². The van der Waals surface area contributed by atoms with E-state index in [0.29, 0.717) is 6.42 Å². The van der Waals surface area contributed by atoms with Gasteiger partial charge in [-0.1, -0.05) is 51.9 Å². The van der Waals surface area contributed by atoms with Crippen molar-refractivity contribution in [2.75, 3.05) is 0 Å². The second-order valence-corrected chi connectivity index (χ2v) is 3.84. The average Bonchev–Trinajstić information content (AvgIpc) is 2.08. The molecule has 0 spiro atoms. The summed E-state index contributed by atoms with van der Waals surface area (Å²) in [7, 11) is 0. The molecule has 0 aromatic carbocycles. The van der Waals surface area contributed by atoms with E-state index < -0.39 is 12.6 Å².